The molecule has 1 N–H and O–H groups in total. The van der Waals surface area contributed by atoms with E-state index in [2.05, 4.69) is 72.6 Å². The van der Waals surface area contributed by atoms with Gasteiger partial charge in [0, 0.05) is 53.5 Å². The van der Waals surface area contributed by atoms with Gasteiger partial charge in [-0.15, -0.1) is 0 Å². The molecule has 3 aliphatic rings. The predicted octanol–water partition coefficient (Wildman–Crippen LogP) is 8.82. The van der Waals surface area contributed by atoms with Crippen LogP contribution in [0.3, 0.4) is 0 Å². The number of anilines is 1. The van der Waals surface area contributed by atoms with Crippen LogP contribution in [-0.4, -0.2) is 36.1 Å². The molecule has 2 aliphatic carbocycles. The van der Waals surface area contributed by atoms with Gasteiger partial charge in [0.15, 0.2) is 29.7 Å². The molecule has 7 nitrogen and oxygen atoms in total. The van der Waals surface area contributed by atoms with Gasteiger partial charge in [-0.2, -0.15) is 0 Å². The SMILES string of the molecule is COc1cc(C2C3=C(CC(C)(C)CC3=O)N(Cc3ccccc3)C3=C2C(=O)CC(C)(C)C3)cc(I)c1OCC(=O)Nc1cc(C)ccc1C. The maximum absolute atomic E-state index is 14.3. The second kappa shape index (κ2) is 13.4. The third-order valence-electron chi connectivity index (χ3n) is 9.81. The Labute approximate surface area is 303 Å². The zero-order valence-electron chi connectivity index (χ0n) is 29.5. The average molecular weight is 773 g/mol. The molecule has 256 valence electrons. The van der Waals surface area contributed by atoms with Gasteiger partial charge in [-0.25, -0.2) is 0 Å². The van der Waals surface area contributed by atoms with Crippen LogP contribution in [0.15, 0.2) is 83.2 Å². The lowest BCUT2D eigenvalue weighted by Crippen LogP contribution is -2.44. The zero-order chi connectivity index (χ0) is 35.2. The summed E-state index contributed by atoms with van der Waals surface area (Å²) in [6.07, 6.45) is 2.28. The molecular weight excluding hydrogens is 727 g/mol. The Morgan fingerprint density at radius 1 is 0.878 bits per heavy atom. The Kier molecular flexibility index (Phi) is 9.56. The Morgan fingerprint density at radius 2 is 1.49 bits per heavy atom. The number of allylic oxidation sites excluding steroid dienone is 4. The molecule has 1 heterocycles. The van der Waals surface area contributed by atoms with Crippen molar-refractivity contribution in [2.24, 2.45) is 10.8 Å². The molecule has 0 saturated carbocycles. The molecule has 0 radical (unpaired) electrons. The van der Waals surface area contributed by atoms with Gasteiger partial charge in [0.1, 0.15) is 0 Å². The number of rotatable bonds is 8. The minimum Gasteiger partial charge on any atom is -0.493 e. The molecule has 3 aromatic rings. The predicted molar refractivity (Wildman–Crippen MR) is 201 cm³/mol. The minimum absolute atomic E-state index is 0.0795. The van der Waals surface area contributed by atoms with E-state index in [9.17, 15) is 14.4 Å². The van der Waals surface area contributed by atoms with Crippen molar-refractivity contribution in [1.82, 2.24) is 4.90 Å². The lowest BCUT2D eigenvalue weighted by Gasteiger charge is -2.49. The molecular formula is C41H45IN2O5. The standard InChI is InChI=1S/C41H45IN2O5/c1-24-13-14-25(2)29(15-24)43-35(47)23-49-39-28(42)16-27(17-34(39)48-7)36-37-30(18-40(3,4)20-32(37)45)44(22-26-11-9-8-10-12-26)31-19-41(5,6)21-33(46)38(31)36/h8-17,36H,18-23H2,1-7H3,(H,43,47). The van der Waals surface area contributed by atoms with Crippen molar-refractivity contribution >= 4 is 45.8 Å². The topological polar surface area (TPSA) is 84.9 Å². The monoisotopic (exact) mass is 772 g/mol. The summed E-state index contributed by atoms with van der Waals surface area (Å²) in [5, 5.41) is 2.95. The molecule has 8 heteroatoms. The number of benzene rings is 3. The summed E-state index contributed by atoms with van der Waals surface area (Å²) in [6, 6.07) is 20.1. The number of methoxy groups -OCH3 is 1. The van der Waals surface area contributed by atoms with Crippen molar-refractivity contribution in [2.75, 3.05) is 19.0 Å². The third kappa shape index (κ3) is 7.21. The maximum Gasteiger partial charge on any atom is 0.262 e. The second-order valence-electron chi connectivity index (χ2n) is 15.3. The van der Waals surface area contributed by atoms with Crippen molar-refractivity contribution in [3.8, 4) is 11.5 Å². The molecule has 0 fully saturated rings. The van der Waals surface area contributed by atoms with Gasteiger partial charge in [-0.05, 0) is 101 Å². The molecule has 0 atom stereocenters. The number of halogens is 1. The van der Waals surface area contributed by atoms with Crippen molar-refractivity contribution in [1.29, 1.82) is 0 Å². The summed E-state index contributed by atoms with van der Waals surface area (Å²) in [4.78, 5) is 43.8. The van der Waals surface area contributed by atoms with E-state index in [1.807, 2.05) is 62.4 Å². The molecule has 49 heavy (non-hydrogen) atoms. The van der Waals surface area contributed by atoms with Crippen molar-refractivity contribution in [3.05, 3.63) is 109 Å². The van der Waals surface area contributed by atoms with Crippen LogP contribution in [0.25, 0.3) is 0 Å². The first-order chi connectivity index (χ1) is 23.2. The van der Waals surface area contributed by atoms with Gasteiger partial charge >= 0.3 is 0 Å². The first-order valence-electron chi connectivity index (χ1n) is 16.9. The summed E-state index contributed by atoms with van der Waals surface area (Å²) in [5.41, 5.74) is 7.71. The summed E-state index contributed by atoms with van der Waals surface area (Å²) in [7, 11) is 1.57. The van der Waals surface area contributed by atoms with E-state index in [-0.39, 0.29) is 34.9 Å². The number of hydrogen-bond donors (Lipinski definition) is 1. The van der Waals surface area contributed by atoms with Gasteiger partial charge in [-0.1, -0.05) is 70.2 Å². The Bertz CT molecular complexity index is 1850. The van der Waals surface area contributed by atoms with Gasteiger partial charge in [-0.3, -0.25) is 14.4 Å². The number of ketones is 2. The number of ether oxygens (including phenoxy) is 2. The number of carbonyl (C=O) groups is 3. The van der Waals surface area contributed by atoms with Gasteiger partial charge in [0.2, 0.25) is 0 Å². The van der Waals surface area contributed by atoms with Gasteiger partial charge < -0.3 is 19.7 Å². The Morgan fingerprint density at radius 3 is 2.08 bits per heavy atom. The summed E-state index contributed by atoms with van der Waals surface area (Å²) >= 11 is 2.20. The van der Waals surface area contributed by atoms with E-state index >= 15 is 0 Å². The van der Waals surface area contributed by atoms with Crippen LogP contribution in [0.5, 0.6) is 11.5 Å². The molecule has 3 aromatic carbocycles. The summed E-state index contributed by atoms with van der Waals surface area (Å²) in [6.45, 7) is 12.9. The van der Waals surface area contributed by atoms with Crippen LogP contribution >= 0.6 is 22.6 Å². The number of Topliss-reactive ketones (excluding diaryl/α,β-unsaturated/α-hetero) is 2. The number of carbonyl (C=O) groups excluding carboxylic acids is 3. The number of aryl methyl sites for hydroxylation is 2. The smallest absolute Gasteiger partial charge is 0.262 e. The fourth-order valence-electron chi connectivity index (χ4n) is 7.58. The van der Waals surface area contributed by atoms with Crippen molar-refractivity contribution < 1.29 is 23.9 Å². The maximum atomic E-state index is 14.3. The quantitative estimate of drug-likeness (QED) is 0.231. The lowest BCUT2D eigenvalue weighted by atomic mass is 9.63. The molecule has 1 aliphatic heterocycles. The highest BCUT2D eigenvalue weighted by Gasteiger charge is 2.49. The van der Waals surface area contributed by atoms with Crippen LogP contribution in [0, 0.1) is 28.2 Å². The zero-order valence-corrected chi connectivity index (χ0v) is 31.6. The molecule has 6 rings (SSSR count). The van der Waals surface area contributed by atoms with E-state index in [4.69, 9.17) is 9.47 Å². The van der Waals surface area contributed by atoms with Crippen molar-refractivity contribution in [3.63, 3.8) is 0 Å². The summed E-state index contributed by atoms with van der Waals surface area (Å²) in [5.74, 6) is 0.252. The van der Waals surface area contributed by atoms with Crippen LogP contribution in [0.2, 0.25) is 0 Å². The fourth-order valence-corrected chi connectivity index (χ4v) is 8.36. The fraction of sp³-hybridized carbons (Fsp3) is 0.390. The number of hydrogen-bond acceptors (Lipinski definition) is 6. The van der Waals surface area contributed by atoms with Gasteiger partial charge in [0.25, 0.3) is 5.91 Å². The van der Waals surface area contributed by atoms with Gasteiger partial charge in [0.05, 0.1) is 10.7 Å². The first kappa shape index (κ1) is 34.9. The molecule has 0 bridgehead atoms. The molecule has 1 amide bonds. The number of amides is 1. The first-order valence-corrected chi connectivity index (χ1v) is 18.0. The van der Waals surface area contributed by atoms with E-state index in [1.165, 1.54) is 0 Å². The largest absolute Gasteiger partial charge is 0.493 e. The van der Waals surface area contributed by atoms with E-state index in [0.717, 1.165) is 55.7 Å². The normalized spacial score (nSPS) is 18.7. The molecule has 0 saturated heterocycles. The molecule has 0 aromatic heterocycles. The lowest BCUT2D eigenvalue weighted by molar-refractivity contribution is -0.120. The van der Waals surface area contributed by atoms with E-state index < -0.39 is 5.92 Å². The molecule has 0 spiro atoms. The average Bonchev–Trinajstić information content (AvgIpc) is 3.02. The Hall–Kier alpha value is -3.92. The third-order valence-corrected chi connectivity index (χ3v) is 10.6. The summed E-state index contributed by atoms with van der Waals surface area (Å²) < 4.78 is 12.7. The number of nitrogens with zero attached hydrogens (tertiary/aromatic N) is 1. The molecule has 0 unspecified atom stereocenters. The van der Waals surface area contributed by atoms with Crippen LogP contribution in [-0.2, 0) is 20.9 Å². The van der Waals surface area contributed by atoms with E-state index in [1.54, 1.807) is 7.11 Å². The highest BCUT2D eigenvalue weighted by Crippen LogP contribution is 2.55. The minimum atomic E-state index is -0.520. The Balaban J connectivity index is 1.42. The van der Waals surface area contributed by atoms with Crippen LogP contribution in [0.1, 0.15) is 81.5 Å². The van der Waals surface area contributed by atoms with Crippen molar-refractivity contribution in [2.45, 2.75) is 79.7 Å². The van der Waals surface area contributed by atoms with Crippen LogP contribution < -0.4 is 14.8 Å². The van der Waals surface area contributed by atoms with Crippen LogP contribution in [0.4, 0.5) is 5.69 Å². The highest BCUT2D eigenvalue weighted by molar-refractivity contribution is 14.1. The second-order valence-corrected chi connectivity index (χ2v) is 16.5. The number of nitrogens with one attached hydrogen (secondary N) is 1. The highest BCUT2D eigenvalue weighted by atomic mass is 127. The van der Waals surface area contributed by atoms with E-state index in [0.29, 0.717) is 42.0 Å².